The molecule has 14 heavy (non-hydrogen) atoms. The summed E-state index contributed by atoms with van der Waals surface area (Å²) in [5, 5.41) is 0. The van der Waals surface area contributed by atoms with E-state index >= 15 is 0 Å². The fourth-order valence-electron chi connectivity index (χ4n) is 2.09. The zero-order valence-corrected chi connectivity index (χ0v) is 10.2. The number of fused-ring (bicyclic) bond motifs is 1. The molecule has 1 aromatic heterocycles. The molecule has 3 nitrogen and oxygen atoms in total. The molecule has 0 fully saturated rings. The Morgan fingerprint density at radius 3 is 2.93 bits per heavy atom. The topological polar surface area (TPSA) is 43.8 Å². The van der Waals surface area contributed by atoms with Gasteiger partial charge in [0.25, 0.3) is 0 Å². The SMILES string of the molecule is CC(C)c1nc(Br)c2n1CCCC2N. The van der Waals surface area contributed by atoms with Crippen molar-refractivity contribution < 1.29 is 0 Å². The molecule has 1 aromatic rings. The van der Waals surface area contributed by atoms with Crippen molar-refractivity contribution in [2.24, 2.45) is 5.73 Å². The third kappa shape index (κ3) is 1.50. The molecule has 2 heterocycles. The Bertz CT molecular complexity index is 343. The van der Waals surface area contributed by atoms with Crippen LogP contribution in [0.15, 0.2) is 4.60 Å². The second-order valence-corrected chi connectivity index (χ2v) is 4.95. The number of nitrogens with two attached hydrogens (primary N) is 1. The van der Waals surface area contributed by atoms with E-state index in [0.29, 0.717) is 5.92 Å². The summed E-state index contributed by atoms with van der Waals surface area (Å²) < 4.78 is 3.22. The van der Waals surface area contributed by atoms with Crippen molar-refractivity contribution >= 4 is 15.9 Å². The first-order chi connectivity index (χ1) is 6.61. The van der Waals surface area contributed by atoms with Gasteiger partial charge in [-0.1, -0.05) is 13.8 Å². The number of hydrogen-bond donors (Lipinski definition) is 1. The van der Waals surface area contributed by atoms with Gasteiger partial charge in [-0.2, -0.15) is 0 Å². The minimum absolute atomic E-state index is 0.151. The number of aromatic nitrogens is 2. The van der Waals surface area contributed by atoms with Crippen molar-refractivity contribution in [3.63, 3.8) is 0 Å². The predicted molar refractivity (Wildman–Crippen MR) is 60.2 cm³/mol. The summed E-state index contributed by atoms with van der Waals surface area (Å²) in [6.45, 7) is 5.40. The van der Waals surface area contributed by atoms with Gasteiger partial charge in [-0.05, 0) is 28.8 Å². The van der Waals surface area contributed by atoms with Crippen LogP contribution in [0.3, 0.4) is 0 Å². The summed E-state index contributed by atoms with van der Waals surface area (Å²) in [6, 6.07) is 0.151. The molecule has 4 heteroatoms. The molecule has 0 amide bonds. The van der Waals surface area contributed by atoms with E-state index in [9.17, 15) is 0 Å². The lowest BCUT2D eigenvalue weighted by molar-refractivity contribution is 0.445. The Kier molecular flexibility index (Phi) is 2.66. The van der Waals surface area contributed by atoms with Crippen LogP contribution in [0.25, 0.3) is 0 Å². The fraction of sp³-hybridized carbons (Fsp3) is 0.700. The summed E-state index contributed by atoms with van der Waals surface area (Å²) in [5.74, 6) is 1.62. The maximum absolute atomic E-state index is 6.07. The Hall–Kier alpha value is -0.350. The Morgan fingerprint density at radius 2 is 2.29 bits per heavy atom. The third-order valence-electron chi connectivity index (χ3n) is 2.76. The number of halogens is 1. The maximum atomic E-state index is 6.07. The first-order valence-corrected chi connectivity index (χ1v) is 5.92. The highest BCUT2D eigenvalue weighted by molar-refractivity contribution is 9.10. The van der Waals surface area contributed by atoms with Gasteiger partial charge < -0.3 is 10.3 Å². The molecule has 1 aliphatic heterocycles. The average molecular weight is 258 g/mol. The van der Waals surface area contributed by atoms with E-state index in [1.54, 1.807) is 0 Å². The molecule has 1 aliphatic rings. The van der Waals surface area contributed by atoms with E-state index in [-0.39, 0.29) is 6.04 Å². The quantitative estimate of drug-likeness (QED) is 0.841. The van der Waals surface area contributed by atoms with Gasteiger partial charge in [0.2, 0.25) is 0 Å². The minimum atomic E-state index is 0.151. The van der Waals surface area contributed by atoms with Crippen molar-refractivity contribution in [1.82, 2.24) is 9.55 Å². The summed E-state index contributed by atoms with van der Waals surface area (Å²) in [4.78, 5) is 4.54. The number of hydrogen-bond acceptors (Lipinski definition) is 2. The van der Waals surface area contributed by atoms with E-state index in [1.807, 2.05) is 0 Å². The van der Waals surface area contributed by atoms with Crippen LogP contribution in [0.5, 0.6) is 0 Å². The van der Waals surface area contributed by atoms with E-state index in [1.165, 1.54) is 5.69 Å². The van der Waals surface area contributed by atoms with Crippen LogP contribution in [0.4, 0.5) is 0 Å². The Balaban J connectivity index is 2.52. The standard InChI is InChI=1S/C10H16BrN3/c1-6(2)10-13-9(11)8-7(12)4-3-5-14(8)10/h6-7H,3-5,12H2,1-2H3. The lowest BCUT2D eigenvalue weighted by Crippen LogP contribution is -2.23. The first kappa shape index (κ1) is 10.2. The predicted octanol–water partition coefficient (Wildman–Crippen LogP) is 2.56. The zero-order valence-electron chi connectivity index (χ0n) is 8.63. The molecule has 0 bridgehead atoms. The molecule has 0 saturated carbocycles. The van der Waals surface area contributed by atoms with Gasteiger partial charge in [0, 0.05) is 18.5 Å². The lowest BCUT2D eigenvalue weighted by Gasteiger charge is -2.23. The first-order valence-electron chi connectivity index (χ1n) is 5.12. The molecular weight excluding hydrogens is 242 g/mol. The molecule has 0 saturated heterocycles. The molecule has 0 aromatic carbocycles. The summed E-state index contributed by atoms with van der Waals surface area (Å²) in [7, 11) is 0. The van der Waals surface area contributed by atoms with Crippen LogP contribution >= 0.6 is 15.9 Å². The highest BCUT2D eigenvalue weighted by Gasteiger charge is 2.25. The third-order valence-corrected chi connectivity index (χ3v) is 3.34. The normalized spacial score (nSPS) is 21.4. The van der Waals surface area contributed by atoms with E-state index in [0.717, 1.165) is 29.8 Å². The minimum Gasteiger partial charge on any atom is -0.329 e. The van der Waals surface area contributed by atoms with Crippen LogP contribution in [-0.4, -0.2) is 9.55 Å². The number of rotatable bonds is 1. The van der Waals surface area contributed by atoms with Crippen molar-refractivity contribution in [1.29, 1.82) is 0 Å². The highest BCUT2D eigenvalue weighted by Crippen LogP contribution is 2.32. The fourth-order valence-corrected chi connectivity index (χ4v) is 2.78. The number of nitrogens with zero attached hydrogens (tertiary/aromatic N) is 2. The molecule has 2 rings (SSSR count). The van der Waals surface area contributed by atoms with Gasteiger partial charge in [0.1, 0.15) is 10.4 Å². The van der Waals surface area contributed by atoms with Crippen LogP contribution in [0.2, 0.25) is 0 Å². The molecule has 0 spiro atoms. The van der Waals surface area contributed by atoms with Crippen LogP contribution < -0.4 is 5.73 Å². The van der Waals surface area contributed by atoms with Gasteiger partial charge in [-0.15, -0.1) is 0 Å². The van der Waals surface area contributed by atoms with E-state index in [2.05, 4.69) is 39.3 Å². The number of imidazole rings is 1. The molecule has 2 N–H and O–H groups in total. The summed E-state index contributed by atoms with van der Waals surface area (Å²) in [6.07, 6.45) is 2.23. The smallest absolute Gasteiger partial charge is 0.129 e. The monoisotopic (exact) mass is 257 g/mol. The molecule has 0 radical (unpaired) electrons. The molecule has 1 unspecified atom stereocenters. The van der Waals surface area contributed by atoms with E-state index in [4.69, 9.17) is 5.73 Å². The van der Waals surface area contributed by atoms with Crippen LogP contribution in [0.1, 0.15) is 50.2 Å². The highest BCUT2D eigenvalue weighted by atomic mass is 79.9. The van der Waals surface area contributed by atoms with Gasteiger partial charge in [-0.3, -0.25) is 0 Å². The summed E-state index contributed by atoms with van der Waals surface area (Å²) in [5.41, 5.74) is 7.25. The Morgan fingerprint density at radius 1 is 1.57 bits per heavy atom. The van der Waals surface area contributed by atoms with Crippen molar-refractivity contribution in [3.05, 3.63) is 16.1 Å². The van der Waals surface area contributed by atoms with Crippen molar-refractivity contribution in [2.45, 2.75) is 45.2 Å². The molecule has 78 valence electrons. The lowest BCUT2D eigenvalue weighted by atomic mass is 10.1. The van der Waals surface area contributed by atoms with Crippen LogP contribution in [-0.2, 0) is 6.54 Å². The van der Waals surface area contributed by atoms with Crippen molar-refractivity contribution in [3.8, 4) is 0 Å². The van der Waals surface area contributed by atoms with Crippen molar-refractivity contribution in [2.75, 3.05) is 0 Å². The van der Waals surface area contributed by atoms with Gasteiger partial charge in [-0.25, -0.2) is 4.98 Å². The second-order valence-electron chi connectivity index (χ2n) is 4.20. The van der Waals surface area contributed by atoms with Gasteiger partial charge >= 0.3 is 0 Å². The van der Waals surface area contributed by atoms with Gasteiger partial charge in [0.05, 0.1) is 5.69 Å². The Labute approximate surface area is 92.8 Å². The zero-order chi connectivity index (χ0) is 10.3. The second kappa shape index (κ2) is 3.66. The maximum Gasteiger partial charge on any atom is 0.129 e. The average Bonchev–Trinajstić information content (AvgIpc) is 2.45. The van der Waals surface area contributed by atoms with Gasteiger partial charge in [0.15, 0.2) is 0 Å². The molecule has 1 atom stereocenters. The van der Waals surface area contributed by atoms with Crippen LogP contribution in [0, 0.1) is 0 Å². The largest absolute Gasteiger partial charge is 0.329 e. The summed E-state index contributed by atoms with van der Waals surface area (Å²) >= 11 is 3.50. The molecule has 0 aliphatic carbocycles. The van der Waals surface area contributed by atoms with E-state index < -0.39 is 0 Å². The molecular formula is C10H16BrN3.